The van der Waals surface area contributed by atoms with E-state index in [9.17, 15) is 9.90 Å². The Morgan fingerprint density at radius 3 is 2.06 bits per heavy atom. The van der Waals surface area contributed by atoms with E-state index in [1.54, 1.807) is 0 Å². The number of Topliss-reactive ketones (excluding diaryl/α,β-unsaturated/α-hetero) is 1. The average molecular weight is 476 g/mol. The maximum Gasteiger partial charge on any atom is 0.205 e. The molecule has 5 heteroatoms. The maximum absolute atomic E-state index is 13.6. The second-order valence-corrected chi connectivity index (χ2v) is 11.5. The van der Waals surface area contributed by atoms with Crippen LogP contribution in [0.1, 0.15) is 87.6 Å². The molecule has 1 aromatic heterocycles. The fraction of sp³-hybridized carbons (Fsp3) is 0.467. The van der Waals surface area contributed by atoms with Crippen molar-refractivity contribution >= 4 is 5.78 Å². The van der Waals surface area contributed by atoms with E-state index in [1.807, 2.05) is 41.1 Å². The molecule has 1 heterocycles. The van der Waals surface area contributed by atoms with Gasteiger partial charge in [-0.05, 0) is 41.9 Å². The molecule has 188 valence electrons. The minimum atomic E-state index is -0.287. The van der Waals surface area contributed by atoms with Gasteiger partial charge in [-0.3, -0.25) is 9.79 Å². The first-order valence-electron chi connectivity index (χ1n) is 12.5. The number of imidazole rings is 1. The maximum atomic E-state index is 13.6. The molecule has 0 unspecified atom stereocenters. The van der Waals surface area contributed by atoms with Gasteiger partial charge >= 0.3 is 0 Å². The predicted molar refractivity (Wildman–Crippen MR) is 143 cm³/mol. The van der Waals surface area contributed by atoms with Crippen molar-refractivity contribution in [2.24, 2.45) is 4.99 Å². The first kappa shape index (κ1) is 26.5. The van der Waals surface area contributed by atoms with Gasteiger partial charge in [-0.25, -0.2) is 0 Å². The van der Waals surface area contributed by atoms with Crippen molar-refractivity contribution in [2.75, 3.05) is 6.54 Å². The highest BCUT2D eigenvalue weighted by molar-refractivity contribution is 5.96. The molecule has 0 spiro atoms. The summed E-state index contributed by atoms with van der Waals surface area (Å²) < 4.78 is 4.15. The SMILES string of the molecule is CCCN=c1n(CC(=O)c2cc(C(C)(C)C)c(O)c(C(C)(C)C)c2)cc(C)n1Cc1ccccc1. The molecule has 0 saturated carbocycles. The molecule has 1 N–H and O–H groups in total. The average Bonchev–Trinajstić information content (AvgIpc) is 3.05. The summed E-state index contributed by atoms with van der Waals surface area (Å²) >= 11 is 0. The molecule has 0 radical (unpaired) electrons. The number of phenols is 1. The van der Waals surface area contributed by atoms with Crippen LogP contribution in [0, 0.1) is 6.92 Å². The van der Waals surface area contributed by atoms with Crippen LogP contribution in [0.4, 0.5) is 0 Å². The molecular weight excluding hydrogens is 434 g/mol. The molecule has 3 aromatic rings. The molecule has 5 nitrogen and oxygen atoms in total. The Bertz CT molecular complexity index is 1210. The van der Waals surface area contributed by atoms with Crippen molar-refractivity contribution in [1.82, 2.24) is 9.13 Å². The van der Waals surface area contributed by atoms with Crippen LogP contribution < -0.4 is 5.62 Å². The lowest BCUT2D eigenvalue weighted by molar-refractivity contribution is 0.0970. The second-order valence-electron chi connectivity index (χ2n) is 11.5. The van der Waals surface area contributed by atoms with Crippen molar-refractivity contribution in [1.29, 1.82) is 0 Å². The number of rotatable bonds is 7. The smallest absolute Gasteiger partial charge is 0.205 e. The van der Waals surface area contributed by atoms with E-state index in [0.717, 1.165) is 28.9 Å². The zero-order chi connectivity index (χ0) is 26.0. The number of hydrogen-bond donors (Lipinski definition) is 1. The Morgan fingerprint density at radius 1 is 0.971 bits per heavy atom. The third kappa shape index (κ3) is 6.14. The van der Waals surface area contributed by atoms with Gasteiger partial charge in [-0.15, -0.1) is 0 Å². The van der Waals surface area contributed by atoms with E-state index in [1.165, 1.54) is 5.56 Å². The third-order valence-electron chi connectivity index (χ3n) is 6.29. The number of hydrogen-bond acceptors (Lipinski definition) is 3. The summed E-state index contributed by atoms with van der Waals surface area (Å²) in [6.45, 7) is 18.1. The summed E-state index contributed by atoms with van der Waals surface area (Å²) in [6.07, 6.45) is 2.95. The number of aryl methyl sites for hydroxylation is 1. The van der Waals surface area contributed by atoms with Gasteiger partial charge in [-0.2, -0.15) is 0 Å². The minimum Gasteiger partial charge on any atom is -0.507 e. The Balaban J connectivity index is 2.06. The molecule has 35 heavy (non-hydrogen) atoms. The van der Waals surface area contributed by atoms with Crippen LogP contribution in [-0.2, 0) is 23.9 Å². The highest BCUT2D eigenvalue weighted by atomic mass is 16.3. The van der Waals surface area contributed by atoms with Crippen LogP contribution >= 0.6 is 0 Å². The van der Waals surface area contributed by atoms with Gasteiger partial charge < -0.3 is 14.2 Å². The minimum absolute atomic E-state index is 0.0100. The first-order chi connectivity index (χ1) is 16.3. The van der Waals surface area contributed by atoms with Crippen molar-refractivity contribution in [3.05, 3.63) is 82.2 Å². The Kier molecular flexibility index (Phi) is 7.78. The number of nitrogens with zero attached hydrogens (tertiary/aromatic N) is 3. The summed E-state index contributed by atoms with van der Waals surface area (Å²) in [4.78, 5) is 18.5. The number of phenolic OH excluding ortho intramolecular Hbond substituents is 1. The summed E-state index contributed by atoms with van der Waals surface area (Å²) in [5, 5.41) is 11.0. The van der Waals surface area contributed by atoms with Crippen molar-refractivity contribution in [2.45, 2.75) is 85.7 Å². The second kappa shape index (κ2) is 10.3. The first-order valence-corrected chi connectivity index (χ1v) is 12.5. The van der Waals surface area contributed by atoms with Crippen molar-refractivity contribution in [3.63, 3.8) is 0 Å². The quantitative estimate of drug-likeness (QED) is 0.417. The van der Waals surface area contributed by atoms with Gasteiger partial charge in [0.15, 0.2) is 5.78 Å². The van der Waals surface area contributed by atoms with Gasteiger partial charge in [0.05, 0.1) is 13.1 Å². The monoisotopic (exact) mass is 475 g/mol. The van der Waals surface area contributed by atoms with Gasteiger partial charge in [0, 0.05) is 35.1 Å². The number of carbonyl (C=O) groups excluding carboxylic acids is 1. The highest BCUT2D eigenvalue weighted by Crippen LogP contribution is 2.39. The van der Waals surface area contributed by atoms with Gasteiger partial charge in [0.25, 0.3) is 0 Å². The lowest BCUT2D eigenvalue weighted by Gasteiger charge is -2.28. The molecule has 3 rings (SSSR count). The molecule has 0 atom stereocenters. The lowest BCUT2D eigenvalue weighted by atomic mass is 9.78. The van der Waals surface area contributed by atoms with E-state index < -0.39 is 0 Å². The standard InChI is InChI=1S/C30H41N3O2/c1-9-15-31-28-32(18-21(2)33(28)19-22-13-11-10-12-14-22)20-26(34)23-16-24(29(3,4)5)27(35)25(17-23)30(6,7)8/h10-14,16-18,35H,9,15,19-20H2,1-8H3. The topological polar surface area (TPSA) is 59.5 Å². The summed E-state index contributed by atoms with van der Waals surface area (Å²) in [7, 11) is 0. The molecule has 0 bridgehead atoms. The number of aromatic nitrogens is 2. The van der Waals surface area contributed by atoms with Crippen LogP contribution in [0.15, 0.2) is 53.7 Å². The van der Waals surface area contributed by atoms with Gasteiger partial charge in [-0.1, -0.05) is 78.8 Å². The zero-order valence-corrected chi connectivity index (χ0v) is 22.6. The largest absolute Gasteiger partial charge is 0.507 e. The molecule has 2 aromatic carbocycles. The Labute approximate surface area is 210 Å². The number of benzene rings is 2. The number of aromatic hydroxyl groups is 1. The van der Waals surface area contributed by atoms with Crippen LogP contribution in [0.5, 0.6) is 5.75 Å². The fourth-order valence-corrected chi connectivity index (χ4v) is 4.32. The zero-order valence-electron chi connectivity index (χ0n) is 22.6. The summed E-state index contributed by atoms with van der Waals surface area (Å²) in [6, 6.07) is 14.0. The third-order valence-corrected chi connectivity index (χ3v) is 6.29. The highest BCUT2D eigenvalue weighted by Gasteiger charge is 2.28. The normalized spacial score (nSPS) is 12.9. The van der Waals surface area contributed by atoms with E-state index in [-0.39, 0.29) is 28.9 Å². The van der Waals surface area contributed by atoms with Gasteiger partial charge in [0.2, 0.25) is 5.62 Å². The van der Waals surface area contributed by atoms with E-state index in [2.05, 4.69) is 72.1 Å². The molecule has 0 aliphatic heterocycles. The number of ketones is 1. The molecule has 0 aliphatic rings. The summed E-state index contributed by atoms with van der Waals surface area (Å²) in [5.74, 6) is 0.300. The molecule has 0 aliphatic carbocycles. The molecule has 0 amide bonds. The Morgan fingerprint density at radius 2 is 1.54 bits per heavy atom. The molecular formula is C30H41N3O2. The van der Waals surface area contributed by atoms with Crippen LogP contribution in [0.3, 0.4) is 0 Å². The predicted octanol–water partition coefficient (Wildman–Crippen LogP) is 6.14. The summed E-state index contributed by atoms with van der Waals surface area (Å²) in [5.41, 5.74) is 4.72. The lowest BCUT2D eigenvalue weighted by Crippen LogP contribution is -2.30. The van der Waals surface area contributed by atoms with Crippen LogP contribution in [-0.4, -0.2) is 26.6 Å². The van der Waals surface area contributed by atoms with E-state index >= 15 is 0 Å². The van der Waals surface area contributed by atoms with Gasteiger partial charge in [0.1, 0.15) is 5.75 Å². The van der Waals surface area contributed by atoms with Crippen LogP contribution in [0.25, 0.3) is 0 Å². The van der Waals surface area contributed by atoms with E-state index in [4.69, 9.17) is 4.99 Å². The number of carbonyl (C=O) groups is 1. The molecule has 0 fully saturated rings. The van der Waals surface area contributed by atoms with Crippen LogP contribution in [0.2, 0.25) is 0 Å². The Hall–Kier alpha value is -3.08. The van der Waals surface area contributed by atoms with Crippen molar-refractivity contribution < 1.29 is 9.90 Å². The fourth-order valence-electron chi connectivity index (χ4n) is 4.32. The van der Waals surface area contributed by atoms with E-state index in [0.29, 0.717) is 18.7 Å². The van der Waals surface area contributed by atoms with Crippen molar-refractivity contribution in [3.8, 4) is 5.75 Å². The molecule has 0 saturated heterocycles.